The van der Waals surface area contributed by atoms with Gasteiger partial charge in [0.05, 0.1) is 17.3 Å². The maximum absolute atomic E-state index is 12.6. The van der Waals surface area contributed by atoms with Crippen LogP contribution < -0.4 is 10.6 Å². The maximum atomic E-state index is 12.6. The fourth-order valence-electron chi connectivity index (χ4n) is 2.79. The lowest BCUT2D eigenvalue weighted by atomic mass is 9.85. The molecule has 1 saturated carbocycles. The van der Waals surface area contributed by atoms with Crippen LogP contribution in [0.2, 0.25) is 0 Å². The Hall–Kier alpha value is -2.62. The van der Waals surface area contributed by atoms with Gasteiger partial charge in [-0.2, -0.15) is 0 Å². The van der Waals surface area contributed by atoms with Gasteiger partial charge in [-0.25, -0.2) is 0 Å². The number of hydrogen-bond acceptors (Lipinski definition) is 2. The third-order valence-corrected chi connectivity index (χ3v) is 4.55. The monoisotopic (exact) mass is 322 g/mol. The van der Waals surface area contributed by atoms with Gasteiger partial charge < -0.3 is 10.6 Å². The molecule has 0 heterocycles. The van der Waals surface area contributed by atoms with Crippen LogP contribution >= 0.6 is 0 Å². The van der Waals surface area contributed by atoms with Crippen LogP contribution in [0.25, 0.3) is 0 Å². The zero-order valence-electron chi connectivity index (χ0n) is 13.8. The van der Waals surface area contributed by atoms with Gasteiger partial charge in [0.25, 0.3) is 5.91 Å². The molecule has 1 aliphatic rings. The van der Waals surface area contributed by atoms with E-state index >= 15 is 0 Å². The molecule has 0 aromatic heterocycles. The molecule has 0 bridgehead atoms. The molecule has 1 fully saturated rings. The van der Waals surface area contributed by atoms with Crippen molar-refractivity contribution in [1.29, 1.82) is 0 Å². The highest BCUT2D eigenvalue weighted by atomic mass is 16.2. The summed E-state index contributed by atoms with van der Waals surface area (Å²) in [6.07, 6.45) is 2.98. The predicted octanol–water partition coefficient (Wildman–Crippen LogP) is 3.92. The topological polar surface area (TPSA) is 58.2 Å². The predicted molar refractivity (Wildman–Crippen MR) is 94.7 cm³/mol. The van der Waals surface area contributed by atoms with Gasteiger partial charge in [-0.05, 0) is 37.5 Å². The summed E-state index contributed by atoms with van der Waals surface area (Å²) in [6, 6.07) is 16.9. The third kappa shape index (κ3) is 3.65. The molecule has 2 amide bonds. The molecule has 0 spiro atoms. The quantitative estimate of drug-likeness (QED) is 0.876. The standard InChI is InChI=1S/C20H22N2O2/c1-14(15-8-3-2-4-9-15)21-20(24)17-12-5-6-13-18(17)22-19(23)16-10-7-11-16/h2-6,8-9,12-14,16H,7,10-11H2,1H3,(H,21,24)(H,22,23). The van der Waals surface area contributed by atoms with Crippen LogP contribution in [0.4, 0.5) is 5.69 Å². The highest BCUT2D eigenvalue weighted by molar-refractivity contribution is 6.04. The van der Waals surface area contributed by atoms with Crippen LogP contribution in [0, 0.1) is 5.92 Å². The van der Waals surface area contributed by atoms with E-state index in [2.05, 4.69) is 10.6 Å². The lowest BCUT2D eigenvalue weighted by Crippen LogP contribution is -2.31. The van der Waals surface area contributed by atoms with E-state index in [1.807, 2.05) is 43.3 Å². The van der Waals surface area contributed by atoms with E-state index in [4.69, 9.17) is 0 Å². The first kappa shape index (κ1) is 16.2. The molecule has 1 unspecified atom stereocenters. The summed E-state index contributed by atoms with van der Waals surface area (Å²) >= 11 is 0. The second-order valence-corrected chi connectivity index (χ2v) is 6.27. The molecular weight excluding hydrogens is 300 g/mol. The number of carbonyl (C=O) groups is 2. The Morgan fingerprint density at radius 3 is 2.33 bits per heavy atom. The van der Waals surface area contributed by atoms with Crippen LogP contribution in [-0.2, 0) is 4.79 Å². The molecule has 2 aromatic carbocycles. The molecule has 2 N–H and O–H groups in total. The Balaban J connectivity index is 1.71. The van der Waals surface area contributed by atoms with E-state index in [-0.39, 0.29) is 23.8 Å². The first-order chi connectivity index (χ1) is 11.6. The highest BCUT2D eigenvalue weighted by Gasteiger charge is 2.26. The molecule has 2 aromatic rings. The lowest BCUT2D eigenvalue weighted by Gasteiger charge is -2.24. The maximum Gasteiger partial charge on any atom is 0.253 e. The second kappa shape index (κ2) is 7.30. The van der Waals surface area contributed by atoms with Gasteiger partial charge in [-0.3, -0.25) is 9.59 Å². The molecule has 124 valence electrons. The minimum absolute atomic E-state index is 0.0117. The van der Waals surface area contributed by atoms with Gasteiger partial charge in [0, 0.05) is 5.92 Å². The Morgan fingerprint density at radius 2 is 1.67 bits per heavy atom. The Kier molecular flexibility index (Phi) is 4.94. The summed E-state index contributed by atoms with van der Waals surface area (Å²) in [5, 5.41) is 5.90. The van der Waals surface area contributed by atoms with Crippen molar-refractivity contribution < 1.29 is 9.59 Å². The van der Waals surface area contributed by atoms with Crippen molar-refractivity contribution >= 4 is 17.5 Å². The van der Waals surface area contributed by atoms with E-state index in [9.17, 15) is 9.59 Å². The Morgan fingerprint density at radius 1 is 1.00 bits per heavy atom. The van der Waals surface area contributed by atoms with Gasteiger partial charge in [0.2, 0.25) is 5.91 Å². The molecule has 1 atom stereocenters. The molecule has 4 heteroatoms. The number of amides is 2. The summed E-state index contributed by atoms with van der Waals surface area (Å²) in [7, 11) is 0. The van der Waals surface area contributed by atoms with Crippen LogP contribution in [0.5, 0.6) is 0 Å². The normalized spacial score (nSPS) is 15.2. The highest BCUT2D eigenvalue weighted by Crippen LogP contribution is 2.28. The lowest BCUT2D eigenvalue weighted by molar-refractivity contribution is -0.122. The van der Waals surface area contributed by atoms with Gasteiger partial charge in [-0.1, -0.05) is 48.9 Å². The number of anilines is 1. The number of benzene rings is 2. The summed E-state index contributed by atoms with van der Waals surface area (Å²) in [6.45, 7) is 1.95. The first-order valence-corrected chi connectivity index (χ1v) is 8.41. The average molecular weight is 322 g/mol. The largest absolute Gasteiger partial charge is 0.345 e. The van der Waals surface area contributed by atoms with Crippen molar-refractivity contribution in [3.8, 4) is 0 Å². The van der Waals surface area contributed by atoms with Gasteiger partial charge in [-0.15, -0.1) is 0 Å². The fraction of sp³-hybridized carbons (Fsp3) is 0.300. The van der Waals surface area contributed by atoms with Crippen molar-refractivity contribution in [3.05, 3.63) is 65.7 Å². The Labute approximate surface area is 142 Å². The number of carbonyl (C=O) groups excluding carboxylic acids is 2. The van der Waals surface area contributed by atoms with E-state index in [1.54, 1.807) is 18.2 Å². The van der Waals surface area contributed by atoms with E-state index in [0.717, 1.165) is 24.8 Å². The van der Waals surface area contributed by atoms with E-state index in [0.29, 0.717) is 11.3 Å². The van der Waals surface area contributed by atoms with Gasteiger partial charge in [0.1, 0.15) is 0 Å². The average Bonchev–Trinajstić information content (AvgIpc) is 2.54. The third-order valence-electron chi connectivity index (χ3n) is 4.55. The summed E-state index contributed by atoms with van der Waals surface area (Å²) in [4.78, 5) is 24.8. The minimum Gasteiger partial charge on any atom is -0.345 e. The molecular formula is C20H22N2O2. The number of para-hydroxylation sites is 1. The van der Waals surface area contributed by atoms with Crippen molar-refractivity contribution in [2.24, 2.45) is 5.92 Å². The van der Waals surface area contributed by atoms with Gasteiger partial charge >= 0.3 is 0 Å². The zero-order valence-corrected chi connectivity index (χ0v) is 13.8. The molecule has 0 saturated heterocycles. The first-order valence-electron chi connectivity index (χ1n) is 8.41. The van der Waals surface area contributed by atoms with E-state index < -0.39 is 0 Å². The summed E-state index contributed by atoms with van der Waals surface area (Å²) in [5.41, 5.74) is 2.11. The minimum atomic E-state index is -0.184. The van der Waals surface area contributed by atoms with Crippen molar-refractivity contribution in [1.82, 2.24) is 5.32 Å². The SMILES string of the molecule is CC(NC(=O)c1ccccc1NC(=O)C1CCC1)c1ccccc1. The van der Waals surface area contributed by atoms with E-state index in [1.165, 1.54) is 0 Å². The number of hydrogen-bond donors (Lipinski definition) is 2. The van der Waals surface area contributed by atoms with Crippen molar-refractivity contribution in [3.63, 3.8) is 0 Å². The smallest absolute Gasteiger partial charge is 0.253 e. The number of rotatable bonds is 5. The molecule has 3 rings (SSSR count). The molecule has 4 nitrogen and oxygen atoms in total. The van der Waals surface area contributed by atoms with Crippen LogP contribution in [-0.4, -0.2) is 11.8 Å². The molecule has 0 aliphatic heterocycles. The fourth-order valence-corrected chi connectivity index (χ4v) is 2.79. The summed E-state index contributed by atoms with van der Waals surface area (Å²) < 4.78 is 0. The molecule has 1 aliphatic carbocycles. The molecule has 0 radical (unpaired) electrons. The summed E-state index contributed by atoms with van der Waals surface area (Å²) in [5.74, 6) is -0.0853. The zero-order chi connectivity index (χ0) is 16.9. The second-order valence-electron chi connectivity index (χ2n) is 6.27. The van der Waals surface area contributed by atoms with Crippen LogP contribution in [0.1, 0.15) is 48.1 Å². The van der Waals surface area contributed by atoms with Crippen LogP contribution in [0.15, 0.2) is 54.6 Å². The van der Waals surface area contributed by atoms with Crippen molar-refractivity contribution in [2.45, 2.75) is 32.2 Å². The number of nitrogens with one attached hydrogen (secondary N) is 2. The van der Waals surface area contributed by atoms with Gasteiger partial charge in [0.15, 0.2) is 0 Å². The van der Waals surface area contributed by atoms with Crippen molar-refractivity contribution in [2.75, 3.05) is 5.32 Å². The molecule has 24 heavy (non-hydrogen) atoms. The van der Waals surface area contributed by atoms with Crippen LogP contribution in [0.3, 0.4) is 0 Å². The Bertz CT molecular complexity index is 723.